The van der Waals surface area contributed by atoms with Crippen molar-refractivity contribution in [1.29, 1.82) is 0 Å². The van der Waals surface area contributed by atoms with Gasteiger partial charge in [-0.05, 0) is 49.5 Å². The van der Waals surface area contributed by atoms with Crippen molar-refractivity contribution in [1.82, 2.24) is 24.8 Å². The zero-order valence-corrected chi connectivity index (χ0v) is 19.4. The van der Waals surface area contributed by atoms with Crippen LogP contribution in [-0.2, 0) is 0 Å². The number of alkyl halides is 2. The molecule has 2 aromatic heterocycles. The first-order chi connectivity index (χ1) is 16.4. The van der Waals surface area contributed by atoms with Gasteiger partial charge in [0.15, 0.2) is 0 Å². The average molecular weight is 470 g/mol. The van der Waals surface area contributed by atoms with E-state index in [2.05, 4.69) is 31.8 Å². The number of halogens is 2. The van der Waals surface area contributed by atoms with Crippen molar-refractivity contribution >= 4 is 23.3 Å². The smallest absolute Gasteiger partial charge is 0.257 e. The Kier molecular flexibility index (Phi) is 6.07. The number of hydrogen-bond acceptors (Lipinski definition) is 7. The number of allylic oxidation sites excluding steroid dienone is 4. The summed E-state index contributed by atoms with van der Waals surface area (Å²) in [6, 6.07) is 2.16. The third-order valence-electron chi connectivity index (χ3n) is 6.36. The molecule has 3 aliphatic rings. The Hall–Kier alpha value is -3.27. The molecule has 2 N–H and O–H groups in total. The highest BCUT2D eigenvalue weighted by atomic mass is 19.3. The van der Waals surface area contributed by atoms with E-state index in [1.54, 1.807) is 17.8 Å². The van der Waals surface area contributed by atoms with Gasteiger partial charge in [0, 0.05) is 55.9 Å². The third kappa shape index (κ3) is 4.82. The summed E-state index contributed by atoms with van der Waals surface area (Å²) >= 11 is 0. The maximum Gasteiger partial charge on any atom is 0.257 e. The molecule has 34 heavy (non-hydrogen) atoms. The molecular formula is C24H29F2N7O. The van der Waals surface area contributed by atoms with Crippen LogP contribution in [0, 0.1) is 0 Å². The topological polar surface area (TPSA) is 79.1 Å². The molecule has 4 heterocycles. The largest absolute Gasteiger partial charge is 0.479 e. The van der Waals surface area contributed by atoms with Crippen molar-refractivity contribution in [3.8, 4) is 5.88 Å². The van der Waals surface area contributed by atoms with E-state index in [-0.39, 0.29) is 12.6 Å². The summed E-state index contributed by atoms with van der Waals surface area (Å²) in [7, 11) is 1.60. The molecule has 5 rings (SSSR count). The van der Waals surface area contributed by atoms with Gasteiger partial charge in [-0.2, -0.15) is 4.98 Å². The van der Waals surface area contributed by atoms with Crippen LogP contribution in [0.25, 0.3) is 11.1 Å². The summed E-state index contributed by atoms with van der Waals surface area (Å²) in [4.78, 5) is 11.0. The van der Waals surface area contributed by atoms with E-state index in [1.807, 2.05) is 29.4 Å². The lowest BCUT2D eigenvalue weighted by Crippen LogP contribution is -2.43. The van der Waals surface area contributed by atoms with Crippen LogP contribution in [0.5, 0.6) is 5.88 Å². The van der Waals surface area contributed by atoms with Crippen LogP contribution in [0.15, 0.2) is 47.0 Å². The Morgan fingerprint density at radius 1 is 1.26 bits per heavy atom. The first kappa shape index (κ1) is 22.5. The predicted molar refractivity (Wildman–Crippen MR) is 128 cm³/mol. The lowest BCUT2D eigenvalue weighted by atomic mass is 9.95. The van der Waals surface area contributed by atoms with Gasteiger partial charge < -0.3 is 15.4 Å². The number of methoxy groups -OCH3 is 1. The monoisotopic (exact) mass is 469 g/mol. The fourth-order valence-corrected chi connectivity index (χ4v) is 4.77. The molecular weight excluding hydrogens is 440 g/mol. The number of piperidine rings is 1. The summed E-state index contributed by atoms with van der Waals surface area (Å²) in [5, 5.41) is 11.3. The van der Waals surface area contributed by atoms with E-state index in [9.17, 15) is 8.78 Å². The van der Waals surface area contributed by atoms with Crippen LogP contribution in [0.3, 0.4) is 0 Å². The minimum atomic E-state index is -2.67. The first-order valence-electron chi connectivity index (χ1n) is 11.6. The molecule has 180 valence electrons. The predicted octanol–water partition coefficient (Wildman–Crippen LogP) is 3.85. The molecule has 1 fully saturated rings. The highest BCUT2D eigenvalue weighted by molar-refractivity contribution is 5.84. The number of likely N-dealkylation sites (tertiary alicyclic amines) is 1. The molecule has 10 heteroatoms. The number of nitrogens with zero attached hydrogens (tertiary/aromatic N) is 5. The van der Waals surface area contributed by atoms with Crippen molar-refractivity contribution in [2.24, 2.45) is 4.99 Å². The SMILES string of the molecule is COc1nc(NC2CCN(CC(C)(F)F)CC2)nn2ccc(C3=CC4=C(CC3)NC=CC=N4)c12. The van der Waals surface area contributed by atoms with E-state index in [1.165, 1.54) is 0 Å². The molecule has 0 spiro atoms. The minimum absolute atomic E-state index is 0.125. The zero-order valence-electron chi connectivity index (χ0n) is 19.4. The van der Waals surface area contributed by atoms with Gasteiger partial charge in [0.2, 0.25) is 11.8 Å². The number of rotatable bonds is 6. The van der Waals surface area contributed by atoms with Gasteiger partial charge in [0.1, 0.15) is 5.52 Å². The Labute approximate surface area is 197 Å². The molecule has 0 atom stereocenters. The van der Waals surface area contributed by atoms with Gasteiger partial charge in [-0.15, -0.1) is 5.10 Å². The first-order valence-corrected chi connectivity index (χ1v) is 11.6. The summed E-state index contributed by atoms with van der Waals surface area (Å²) in [6.07, 6.45) is 12.8. The third-order valence-corrected chi connectivity index (χ3v) is 6.36. The number of nitrogens with one attached hydrogen (secondary N) is 2. The lowest BCUT2D eigenvalue weighted by Gasteiger charge is -2.33. The normalized spacial score (nSPS) is 19.6. The van der Waals surface area contributed by atoms with E-state index in [0.717, 1.165) is 60.7 Å². The van der Waals surface area contributed by atoms with Crippen LogP contribution in [0.1, 0.15) is 38.2 Å². The summed E-state index contributed by atoms with van der Waals surface area (Å²) < 4.78 is 34.1. The molecule has 2 aliphatic heterocycles. The Balaban J connectivity index is 1.35. The number of hydrogen-bond donors (Lipinski definition) is 2. The average Bonchev–Trinajstić information content (AvgIpc) is 3.09. The Morgan fingerprint density at radius 3 is 2.85 bits per heavy atom. The summed E-state index contributed by atoms with van der Waals surface area (Å²) in [6.45, 7) is 2.00. The van der Waals surface area contributed by atoms with Gasteiger partial charge in [0.25, 0.3) is 5.92 Å². The van der Waals surface area contributed by atoms with Crippen molar-refractivity contribution < 1.29 is 13.5 Å². The number of aliphatic imine (C=N–C) groups is 1. The van der Waals surface area contributed by atoms with Crippen LogP contribution in [0.2, 0.25) is 0 Å². The zero-order chi connectivity index (χ0) is 23.7. The standard InChI is InChI=1S/C24H29F2N7O/c1-24(25,26)15-32-11-6-17(7-12-32)29-23-30-22(34-2)21-18(8-13-33(21)31-23)16-4-5-19-20(14-16)28-10-3-9-27-19/h3,8-10,13-14,17,27H,4-7,11-12,15H2,1-2H3,(H,29,31). The van der Waals surface area contributed by atoms with Crippen LogP contribution < -0.4 is 15.4 Å². The van der Waals surface area contributed by atoms with Gasteiger partial charge >= 0.3 is 0 Å². The molecule has 1 saturated heterocycles. The molecule has 1 aliphatic carbocycles. The van der Waals surface area contributed by atoms with Crippen LogP contribution in [-0.4, -0.2) is 64.4 Å². The molecule has 0 saturated carbocycles. The van der Waals surface area contributed by atoms with E-state index < -0.39 is 5.92 Å². The second-order valence-electron chi connectivity index (χ2n) is 9.05. The maximum atomic E-state index is 13.3. The Morgan fingerprint density at radius 2 is 2.09 bits per heavy atom. The van der Waals surface area contributed by atoms with Crippen molar-refractivity contribution in [2.45, 2.75) is 44.6 Å². The fourth-order valence-electron chi connectivity index (χ4n) is 4.77. The van der Waals surface area contributed by atoms with Crippen LogP contribution >= 0.6 is 0 Å². The molecule has 2 aromatic rings. The number of fused-ring (bicyclic) bond motifs is 1. The lowest BCUT2D eigenvalue weighted by molar-refractivity contribution is -0.0193. The number of aromatic nitrogens is 3. The second kappa shape index (κ2) is 9.17. The Bertz CT molecular complexity index is 1180. The number of anilines is 1. The van der Waals surface area contributed by atoms with Crippen molar-refractivity contribution in [3.63, 3.8) is 0 Å². The van der Waals surface area contributed by atoms with Gasteiger partial charge in [0.05, 0.1) is 19.4 Å². The molecule has 0 radical (unpaired) electrons. The fraction of sp³-hybridized carbons (Fsp3) is 0.458. The molecule has 0 unspecified atom stereocenters. The molecule has 0 aromatic carbocycles. The van der Waals surface area contributed by atoms with E-state index in [4.69, 9.17) is 4.74 Å². The van der Waals surface area contributed by atoms with Crippen molar-refractivity contribution in [3.05, 3.63) is 47.6 Å². The minimum Gasteiger partial charge on any atom is -0.479 e. The van der Waals surface area contributed by atoms with Gasteiger partial charge in [-0.3, -0.25) is 9.89 Å². The highest BCUT2D eigenvalue weighted by Gasteiger charge is 2.29. The van der Waals surface area contributed by atoms with E-state index >= 15 is 0 Å². The van der Waals surface area contributed by atoms with E-state index in [0.29, 0.717) is 24.9 Å². The molecule has 8 nitrogen and oxygen atoms in total. The summed E-state index contributed by atoms with van der Waals surface area (Å²) in [5.74, 6) is -1.71. The van der Waals surface area contributed by atoms with Crippen molar-refractivity contribution in [2.75, 3.05) is 32.1 Å². The van der Waals surface area contributed by atoms with Crippen LogP contribution in [0.4, 0.5) is 14.7 Å². The highest BCUT2D eigenvalue weighted by Crippen LogP contribution is 2.35. The molecule has 0 amide bonds. The number of ether oxygens (including phenoxy) is 1. The molecule has 0 bridgehead atoms. The van der Waals surface area contributed by atoms with Gasteiger partial charge in [-0.1, -0.05) is 0 Å². The quantitative estimate of drug-likeness (QED) is 0.669. The van der Waals surface area contributed by atoms with Gasteiger partial charge in [-0.25, -0.2) is 13.3 Å². The maximum absolute atomic E-state index is 13.3. The summed E-state index contributed by atoms with van der Waals surface area (Å²) in [5.41, 5.74) is 5.03. The second-order valence-corrected chi connectivity index (χ2v) is 9.05.